The summed E-state index contributed by atoms with van der Waals surface area (Å²) in [6.45, 7) is 4.24. The molecule has 1 atom stereocenters. The number of nitrogens with zero attached hydrogens (tertiary/aromatic N) is 1. The minimum absolute atomic E-state index is 0. The summed E-state index contributed by atoms with van der Waals surface area (Å²) in [5, 5.41) is 3.36. The summed E-state index contributed by atoms with van der Waals surface area (Å²) >= 11 is 1.55. The first-order valence-electron chi connectivity index (χ1n) is 7.41. The maximum absolute atomic E-state index is 12.1. The predicted molar refractivity (Wildman–Crippen MR) is 102 cm³/mol. The molecule has 0 spiro atoms. The summed E-state index contributed by atoms with van der Waals surface area (Å²) in [4.78, 5) is 31.2. The minimum atomic E-state index is -0.596. The highest BCUT2D eigenvalue weighted by atomic mass is 35.5. The van der Waals surface area contributed by atoms with Gasteiger partial charge in [-0.25, -0.2) is 4.98 Å². The third-order valence-corrected chi connectivity index (χ3v) is 5.19. The molecule has 1 amide bonds. The van der Waals surface area contributed by atoms with Crippen LogP contribution in [-0.4, -0.2) is 39.5 Å². The third kappa shape index (κ3) is 4.72. The van der Waals surface area contributed by atoms with Gasteiger partial charge in [0.2, 0.25) is 5.91 Å². The second-order valence-corrected chi connectivity index (χ2v) is 7.32. The van der Waals surface area contributed by atoms with Crippen LogP contribution in [0.15, 0.2) is 29.1 Å². The van der Waals surface area contributed by atoms with Gasteiger partial charge >= 0.3 is 0 Å². The van der Waals surface area contributed by atoms with E-state index in [0.29, 0.717) is 29.7 Å². The van der Waals surface area contributed by atoms with Crippen molar-refractivity contribution in [2.45, 2.75) is 31.1 Å². The number of hydrogen-bond donors (Lipinski definition) is 3. The van der Waals surface area contributed by atoms with Gasteiger partial charge in [0.05, 0.1) is 16.9 Å². The Hall–Kier alpha value is -1.57. The summed E-state index contributed by atoms with van der Waals surface area (Å²) in [6.07, 6.45) is 2.37. The molecule has 0 saturated heterocycles. The van der Waals surface area contributed by atoms with Crippen molar-refractivity contribution in [3.63, 3.8) is 0 Å². The Kier molecular flexibility index (Phi) is 7.26. The Morgan fingerprint density at radius 2 is 2.08 bits per heavy atom. The second kappa shape index (κ2) is 8.50. The van der Waals surface area contributed by atoms with E-state index in [9.17, 15) is 9.59 Å². The maximum atomic E-state index is 12.1. The molecule has 0 aliphatic heterocycles. The smallest absolute Gasteiger partial charge is 0.258 e. The van der Waals surface area contributed by atoms with Crippen LogP contribution in [0.3, 0.4) is 0 Å². The first-order chi connectivity index (χ1) is 10.8. The summed E-state index contributed by atoms with van der Waals surface area (Å²) < 4.78 is -0.334. The van der Waals surface area contributed by atoms with E-state index < -0.39 is 6.04 Å². The molecule has 4 N–H and O–H groups in total. The molecule has 0 fully saturated rings. The quantitative estimate of drug-likeness (QED) is 0.714. The number of para-hydroxylation sites is 1. The molecular weight excluding hydrogens is 348 g/mol. The largest absolute Gasteiger partial charge is 0.354 e. The van der Waals surface area contributed by atoms with E-state index in [1.807, 2.05) is 26.2 Å². The standard InChI is InChI=1S/C16H22N4O2S.ClH/c1-16(2,23-3)13(17)15(22)18-9-8-12-19-11-7-5-4-6-10(11)14(21)20-12;/h4-7,13H,8-9,17H2,1-3H3,(H,18,22)(H,19,20,21);1H/t13-;/m1./s1. The average molecular weight is 371 g/mol. The van der Waals surface area contributed by atoms with Crippen LogP contribution in [0.2, 0.25) is 0 Å². The zero-order chi connectivity index (χ0) is 17.0. The van der Waals surface area contributed by atoms with Crippen LogP contribution >= 0.6 is 24.2 Å². The fourth-order valence-corrected chi connectivity index (χ4v) is 2.47. The Morgan fingerprint density at radius 1 is 1.42 bits per heavy atom. The molecular formula is C16H23ClN4O2S. The number of benzene rings is 1. The number of H-pyrrole nitrogens is 1. The lowest BCUT2D eigenvalue weighted by Crippen LogP contribution is -2.52. The van der Waals surface area contributed by atoms with Crippen molar-refractivity contribution in [1.82, 2.24) is 15.3 Å². The number of aromatic nitrogens is 2. The topological polar surface area (TPSA) is 101 Å². The number of thioether (sulfide) groups is 1. The minimum Gasteiger partial charge on any atom is -0.354 e. The van der Waals surface area contributed by atoms with E-state index in [-0.39, 0.29) is 28.6 Å². The van der Waals surface area contributed by atoms with Gasteiger partial charge in [-0.05, 0) is 32.2 Å². The molecule has 24 heavy (non-hydrogen) atoms. The van der Waals surface area contributed by atoms with E-state index in [1.54, 1.807) is 30.0 Å². The fraction of sp³-hybridized carbons (Fsp3) is 0.438. The van der Waals surface area contributed by atoms with Crippen LogP contribution in [0.4, 0.5) is 0 Å². The van der Waals surface area contributed by atoms with Crippen molar-refractivity contribution in [2.75, 3.05) is 12.8 Å². The molecule has 6 nitrogen and oxygen atoms in total. The Labute approximate surface area is 151 Å². The second-order valence-electron chi connectivity index (χ2n) is 5.86. The molecule has 0 bridgehead atoms. The molecule has 1 aromatic carbocycles. The van der Waals surface area contributed by atoms with Crippen molar-refractivity contribution in [1.29, 1.82) is 0 Å². The van der Waals surface area contributed by atoms with Crippen molar-refractivity contribution < 1.29 is 4.79 Å². The van der Waals surface area contributed by atoms with E-state index in [4.69, 9.17) is 5.73 Å². The normalized spacial score (nSPS) is 12.5. The molecule has 0 aliphatic carbocycles. The number of fused-ring (bicyclic) bond motifs is 1. The molecule has 0 aliphatic rings. The number of carbonyl (C=O) groups is 1. The predicted octanol–water partition coefficient (Wildman–Crippen LogP) is 1.47. The lowest BCUT2D eigenvalue weighted by Gasteiger charge is -2.28. The SMILES string of the molecule is CSC(C)(C)[C@H](N)C(=O)NCCc1nc2ccccc2c(=O)[nH]1.Cl. The molecule has 132 valence electrons. The van der Waals surface area contributed by atoms with E-state index in [2.05, 4.69) is 15.3 Å². The molecule has 1 aromatic heterocycles. The van der Waals surface area contributed by atoms with Crippen LogP contribution in [0, 0.1) is 0 Å². The first kappa shape index (κ1) is 20.5. The number of nitrogens with two attached hydrogens (primary N) is 1. The third-order valence-electron chi connectivity index (χ3n) is 3.88. The zero-order valence-corrected chi connectivity index (χ0v) is 15.6. The van der Waals surface area contributed by atoms with Crippen LogP contribution in [0.5, 0.6) is 0 Å². The number of halogens is 1. The van der Waals surface area contributed by atoms with Crippen molar-refractivity contribution in [3.05, 3.63) is 40.4 Å². The average Bonchev–Trinajstić information content (AvgIpc) is 2.54. The molecule has 0 unspecified atom stereocenters. The Bertz CT molecular complexity index is 763. The molecule has 2 aromatic rings. The van der Waals surface area contributed by atoms with Gasteiger partial charge in [0, 0.05) is 17.7 Å². The van der Waals surface area contributed by atoms with Crippen molar-refractivity contribution in [2.24, 2.45) is 5.73 Å². The summed E-state index contributed by atoms with van der Waals surface area (Å²) in [5.74, 6) is 0.346. The molecule has 2 rings (SSSR count). The molecule has 1 heterocycles. The van der Waals surface area contributed by atoms with Gasteiger partial charge < -0.3 is 16.0 Å². The first-order valence-corrected chi connectivity index (χ1v) is 8.64. The van der Waals surface area contributed by atoms with Gasteiger partial charge in [-0.2, -0.15) is 11.8 Å². The highest BCUT2D eigenvalue weighted by molar-refractivity contribution is 8.00. The Balaban J connectivity index is 0.00000288. The van der Waals surface area contributed by atoms with Gasteiger partial charge in [0.15, 0.2) is 0 Å². The number of carbonyl (C=O) groups excluding carboxylic acids is 1. The number of amides is 1. The number of hydrogen-bond acceptors (Lipinski definition) is 5. The summed E-state index contributed by atoms with van der Waals surface area (Å²) in [5.41, 5.74) is 6.46. The van der Waals surface area contributed by atoms with Crippen molar-refractivity contribution in [3.8, 4) is 0 Å². The summed E-state index contributed by atoms with van der Waals surface area (Å²) in [7, 11) is 0. The summed E-state index contributed by atoms with van der Waals surface area (Å²) in [6, 6.07) is 6.57. The van der Waals surface area contributed by atoms with E-state index >= 15 is 0 Å². The molecule has 0 saturated carbocycles. The van der Waals surface area contributed by atoms with E-state index in [0.717, 1.165) is 0 Å². The van der Waals surface area contributed by atoms with Crippen LogP contribution in [-0.2, 0) is 11.2 Å². The van der Waals surface area contributed by atoms with Gasteiger partial charge in [-0.3, -0.25) is 9.59 Å². The van der Waals surface area contributed by atoms with E-state index in [1.165, 1.54) is 0 Å². The lowest BCUT2D eigenvalue weighted by atomic mass is 10.0. The van der Waals surface area contributed by atoms with Crippen LogP contribution < -0.4 is 16.6 Å². The molecule has 0 radical (unpaired) electrons. The number of nitrogens with one attached hydrogen (secondary N) is 2. The number of aromatic amines is 1. The van der Waals surface area contributed by atoms with Crippen molar-refractivity contribution >= 4 is 41.0 Å². The lowest BCUT2D eigenvalue weighted by molar-refractivity contribution is -0.122. The van der Waals surface area contributed by atoms with Gasteiger partial charge in [-0.1, -0.05) is 12.1 Å². The highest BCUT2D eigenvalue weighted by Crippen LogP contribution is 2.24. The molecule has 8 heteroatoms. The zero-order valence-electron chi connectivity index (χ0n) is 14.0. The van der Waals surface area contributed by atoms with Crippen LogP contribution in [0.1, 0.15) is 19.7 Å². The maximum Gasteiger partial charge on any atom is 0.258 e. The van der Waals surface area contributed by atoms with Crippen LogP contribution in [0.25, 0.3) is 10.9 Å². The number of rotatable bonds is 6. The van der Waals surface area contributed by atoms with Gasteiger partial charge in [0.1, 0.15) is 5.82 Å². The van der Waals surface area contributed by atoms with Gasteiger partial charge in [0.25, 0.3) is 5.56 Å². The van der Waals surface area contributed by atoms with Gasteiger partial charge in [-0.15, -0.1) is 12.4 Å². The monoisotopic (exact) mass is 370 g/mol. The fourth-order valence-electron chi connectivity index (χ4n) is 2.11. The Morgan fingerprint density at radius 3 is 2.75 bits per heavy atom. The highest BCUT2D eigenvalue weighted by Gasteiger charge is 2.30.